The number of hydrogen-bond acceptors (Lipinski definition) is 5. The van der Waals surface area contributed by atoms with Crippen LogP contribution in [0.15, 0.2) is 29.8 Å². The second kappa shape index (κ2) is 7.54. The molecule has 0 aromatic carbocycles. The van der Waals surface area contributed by atoms with Crippen LogP contribution in [-0.4, -0.2) is 41.0 Å². The van der Waals surface area contributed by atoms with Gasteiger partial charge in [-0.2, -0.15) is 10.4 Å². The number of rotatable bonds is 7. The molecule has 0 bridgehead atoms. The van der Waals surface area contributed by atoms with Crippen LogP contribution in [0.4, 0.5) is 0 Å². The Hall–Kier alpha value is -1.68. The van der Waals surface area contributed by atoms with E-state index in [4.69, 9.17) is 10.00 Å². The van der Waals surface area contributed by atoms with Gasteiger partial charge in [0.05, 0.1) is 24.2 Å². The fourth-order valence-electron chi connectivity index (χ4n) is 2.72. The topological polar surface area (TPSA) is 54.1 Å². The van der Waals surface area contributed by atoms with Crippen LogP contribution in [-0.2, 0) is 11.4 Å². The number of nitrogens with zero attached hydrogens (tertiary/aromatic N) is 4. The Morgan fingerprint density at radius 3 is 3.18 bits per heavy atom. The van der Waals surface area contributed by atoms with Crippen molar-refractivity contribution in [3.63, 3.8) is 0 Å². The van der Waals surface area contributed by atoms with E-state index in [1.165, 1.54) is 4.88 Å². The van der Waals surface area contributed by atoms with Gasteiger partial charge < -0.3 is 4.74 Å². The van der Waals surface area contributed by atoms with E-state index < -0.39 is 0 Å². The van der Waals surface area contributed by atoms with Crippen LogP contribution < -0.4 is 0 Å². The summed E-state index contributed by atoms with van der Waals surface area (Å²) in [6.07, 6.45) is 3.68. The van der Waals surface area contributed by atoms with Crippen molar-refractivity contribution in [3.8, 4) is 16.6 Å². The number of ether oxygens (including phenoxy) is 1. The number of aromatic nitrogens is 2. The summed E-state index contributed by atoms with van der Waals surface area (Å²) in [6.45, 7) is 4.17. The highest BCUT2D eigenvalue weighted by molar-refractivity contribution is 7.13. The number of thiophene rings is 1. The maximum absolute atomic E-state index is 8.85. The number of hydrogen-bond donors (Lipinski definition) is 0. The second-order valence-corrected chi connectivity index (χ2v) is 6.52. The molecule has 6 heteroatoms. The molecule has 3 heterocycles. The molecule has 2 aromatic heterocycles. The Bertz CT molecular complexity index is 610. The zero-order valence-corrected chi connectivity index (χ0v) is 13.3. The fourth-order valence-corrected chi connectivity index (χ4v) is 3.41. The standard InChI is InChI=1S/C16H20N4OS/c17-6-2-7-19(11-14-5-9-21-12-14)13-20-8-4-15(18-20)16-3-1-10-22-16/h1,3-4,8,10,14H,2,5,7,9,11-13H2/t14-/m0/s1. The Morgan fingerprint density at radius 1 is 1.50 bits per heavy atom. The van der Waals surface area contributed by atoms with Gasteiger partial charge in [-0.15, -0.1) is 11.3 Å². The summed E-state index contributed by atoms with van der Waals surface area (Å²) >= 11 is 1.70. The summed E-state index contributed by atoms with van der Waals surface area (Å²) in [5.74, 6) is 0.575. The van der Waals surface area contributed by atoms with Crippen LogP contribution >= 0.6 is 11.3 Å². The molecule has 0 amide bonds. The first kappa shape index (κ1) is 15.2. The van der Waals surface area contributed by atoms with Gasteiger partial charge in [0, 0.05) is 32.3 Å². The Balaban J connectivity index is 1.63. The van der Waals surface area contributed by atoms with Crippen LogP contribution in [0.3, 0.4) is 0 Å². The Labute approximate surface area is 134 Å². The van der Waals surface area contributed by atoms with E-state index in [9.17, 15) is 0 Å². The first-order valence-electron chi connectivity index (χ1n) is 7.59. The Kier molecular flexibility index (Phi) is 5.22. The van der Waals surface area contributed by atoms with Crippen LogP contribution in [0.1, 0.15) is 12.8 Å². The van der Waals surface area contributed by atoms with Gasteiger partial charge in [0.2, 0.25) is 0 Å². The third kappa shape index (κ3) is 3.95. The smallest absolute Gasteiger partial charge is 0.102 e. The molecule has 1 saturated heterocycles. The molecule has 22 heavy (non-hydrogen) atoms. The molecule has 3 rings (SSSR count). The van der Waals surface area contributed by atoms with Gasteiger partial charge in [-0.3, -0.25) is 9.58 Å². The minimum atomic E-state index is 0.548. The van der Waals surface area contributed by atoms with Gasteiger partial charge in [0.15, 0.2) is 0 Å². The molecule has 5 nitrogen and oxygen atoms in total. The third-order valence-electron chi connectivity index (χ3n) is 3.84. The predicted octanol–water partition coefficient (Wildman–Crippen LogP) is 2.82. The zero-order valence-electron chi connectivity index (χ0n) is 12.5. The summed E-state index contributed by atoms with van der Waals surface area (Å²) in [5.41, 5.74) is 1.01. The molecule has 1 aliphatic heterocycles. The van der Waals surface area contributed by atoms with E-state index in [0.29, 0.717) is 12.3 Å². The maximum atomic E-state index is 8.85. The van der Waals surface area contributed by atoms with Crippen molar-refractivity contribution in [1.82, 2.24) is 14.7 Å². The lowest BCUT2D eigenvalue weighted by molar-refractivity contribution is 0.149. The summed E-state index contributed by atoms with van der Waals surface area (Å²) in [6, 6.07) is 8.41. The minimum Gasteiger partial charge on any atom is -0.381 e. The molecule has 0 saturated carbocycles. The average molecular weight is 316 g/mol. The highest BCUT2D eigenvalue weighted by Crippen LogP contribution is 2.22. The summed E-state index contributed by atoms with van der Waals surface area (Å²) in [5, 5.41) is 15.6. The normalized spacial score (nSPS) is 17.9. The van der Waals surface area contributed by atoms with Gasteiger partial charge in [0.25, 0.3) is 0 Å². The minimum absolute atomic E-state index is 0.548. The van der Waals surface area contributed by atoms with Crippen molar-refractivity contribution >= 4 is 11.3 Å². The Morgan fingerprint density at radius 2 is 2.45 bits per heavy atom. The van der Waals surface area contributed by atoms with Crippen molar-refractivity contribution in [1.29, 1.82) is 5.26 Å². The molecule has 0 radical (unpaired) electrons. The van der Waals surface area contributed by atoms with E-state index in [1.54, 1.807) is 11.3 Å². The molecular weight excluding hydrogens is 296 g/mol. The molecule has 0 N–H and O–H groups in total. The van der Waals surface area contributed by atoms with E-state index in [1.807, 2.05) is 23.0 Å². The quantitative estimate of drug-likeness (QED) is 0.788. The van der Waals surface area contributed by atoms with Gasteiger partial charge in [0.1, 0.15) is 5.69 Å². The molecule has 116 valence electrons. The lowest BCUT2D eigenvalue weighted by Crippen LogP contribution is -2.32. The molecule has 0 aliphatic carbocycles. The molecule has 1 aliphatic rings. The van der Waals surface area contributed by atoms with E-state index in [0.717, 1.165) is 45.1 Å². The van der Waals surface area contributed by atoms with Gasteiger partial charge in [-0.1, -0.05) is 6.07 Å². The number of nitriles is 1. The first-order valence-corrected chi connectivity index (χ1v) is 8.47. The van der Waals surface area contributed by atoms with Crippen molar-refractivity contribution in [2.75, 3.05) is 26.3 Å². The van der Waals surface area contributed by atoms with E-state index in [-0.39, 0.29) is 0 Å². The van der Waals surface area contributed by atoms with Crippen molar-refractivity contribution in [2.45, 2.75) is 19.5 Å². The highest BCUT2D eigenvalue weighted by Gasteiger charge is 2.19. The van der Waals surface area contributed by atoms with E-state index >= 15 is 0 Å². The third-order valence-corrected chi connectivity index (χ3v) is 4.73. The SMILES string of the molecule is N#CCCN(C[C@@H]1CCOC1)Cn1ccc(-c2cccs2)n1. The van der Waals surface area contributed by atoms with Gasteiger partial charge in [-0.05, 0) is 29.9 Å². The molecule has 2 aromatic rings. The first-order chi connectivity index (χ1) is 10.8. The maximum Gasteiger partial charge on any atom is 0.102 e. The zero-order chi connectivity index (χ0) is 15.2. The monoisotopic (exact) mass is 316 g/mol. The predicted molar refractivity (Wildman–Crippen MR) is 86.3 cm³/mol. The fraction of sp³-hybridized carbons (Fsp3) is 0.500. The van der Waals surface area contributed by atoms with E-state index in [2.05, 4.69) is 27.5 Å². The van der Waals surface area contributed by atoms with Crippen molar-refractivity contribution in [2.24, 2.45) is 5.92 Å². The summed E-state index contributed by atoms with van der Waals surface area (Å²) in [4.78, 5) is 3.49. The second-order valence-electron chi connectivity index (χ2n) is 5.57. The van der Waals surface area contributed by atoms with Gasteiger partial charge in [-0.25, -0.2) is 0 Å². The molecule has 1 atom stereocenters. The van der Waals surface area contributed by atoms with Crippen molar-refractivity contribution < 1.29 is 4.74 Å². The molecule has 0 spiro atoms. The largest absolute Gasteiger partial charge is 0.381 e. The van der Waals surface area contributed by atoms with Crippen LogP contribution in [0, 0.1) is 17.2 Å². The van der Waals surface area contributed by atoms with Crippen molar-refractivity contribution in [3.05, 3.63) is 29.8 Å². The molecule has 0 unspecified atom stereocenters. The highest BCUT2D eigenvalue weighted by atomic mass is 32.1. The summed E-state index contributed by atoms with van der Waals surface area (Å²) in [7, 11) is 0. The lowest BCUT2D eigenvalue weighted by atomic mass is 10.1. The lowest BCUT2D eigenvalue weighted by Gasteiger charge is -2.23. The van der Waals surface area contributed by atoms with Crippen LogP contribution in [0.25, 0.3) is 10.6 Å². The average Bonchev–Trinajstić information content (AvgIpc) is 3.26. The molecular formula is C16H20N4OS. The summed E-state index contributed by atoms with van der Waals surface area (Å²) < 4.78 is 7.41. The van der Waals surface area contributed by atoms with Crippen LogP contribution in [0.2, 0.25) is 0 Å². The van der Waals surface area contributed by atoms with Crippen LogP contribution in [0.5, 0.6) is 0 Å². The van der Waals surface area contributed by atoms with Gasteiger partial charge >= 0.3 is 0 Å². The molecule has 1 fully saturated rings.